The van der Waals surface area contributed by atoms with Crippen LogP contribution in [0.5, 0.6) is 0 Å². The van der Waals surface area contributed by atoms with Gasteiger partial charge in [-0.3, -0.25) is 0 Å². The Morgan fingerprint density at radius 2 is 2.11 bits per heavy atom. The lowest BCUT2D eigenvalue weighted by Crippen LogP contribution is -2.21. The third kappa shape index (κ3) is 2.51. The molecule has 2 atom stereocenters. The number of hydrogen-bond donors (Lipinski definition) is 3. The van der Waals surface area contributed by atoms with Crippen molar-refractivity contribution in [1.82, 2.24) is 9.97 Å². The number of aliphatic hydroxyl groups is 1. The molecule has 1 heterocycles. The van der Waals surface area contributed by atoms with Gasteiger partial charge in [-0.1, -0.05) is 19.1 Å². The van der Waals surface area contributed by atoms with Gasteiger partial charge in [-0.25, -0.2) is 4.98 Å². The Labute approximate surface area is 106 Å². The van der Waals surface area contributed by atoms with Crippen LogP contribution in [0.15, 0.2) is 29.5 Å². The maximum Gasteiger partial charge on any atom is 0.221 e. The van der Waals surface area contributed by atoms with Crippen LogP contribution in [0.25, 0.3) is 0 Å². The highest BCUT2D eigenvalue weighted by Crippen LogP contribution is 2.25. The SMILES string of the molecule is CC1=CC(Cc2cnc(N)nc2N)=CC(C)C1O. The second kappa shape index (κ2) is 4.78. The van der Waals surface area contributed by atoms with Gasteiger partial charge in [0.1, 0.15) is 5.82 Å². The topological polar surface area (TPSA) is 98.0 Å². The molecule has 5 heteroatoms. The highest BCUT2D eigenvalue weighted by molar-refractivity contribution is 5.46. The van der Waals surface area contributed by atoms with Gasteiger partial charge in [0.05, 0.1) is 6.10 Å². The molecular formula is C13H18N4O. The second-order valence-electron chi connectivity index (χ2n) is 4.75. The molecule has 0 fully saturated rings. The largest absolute Gasteiger partial charge is 0.388 e. The molecule has 0 aromatic carbocycles. The summed E-state index contributed by atoms with van der Waals surface area (Å²) in [6.45, 7) is 3.92. The van der Waals surface area contributed by atoms with Gasteiger partial charge in [-0.15, -0.1) is 0 Å². The number of allylic oxidation sites excluding steroid dienone is 2. The fourth-order valence-electron chi connectivity index (χ4n) is 2.17. The number of aliphatic hydroxyl groups excluding tert-OH is 1. The van der Waals surface area contributed by atoms with Gasteiger partial charge in [0, 0.05) is 24.1 Å². The van der Waals surface area contributed by atoms with Gasteiger partial charge in [-0.05, 0) is 18.1 Å². The summed E-state index contributed by atoms with van der Waals surface area (Å²) in [5.74, 6) is 0.707. The van der Waals surface area contributed by atoms with Crippen molar-refractivity contribution in [3.8, 4) is 0 Å². The van der Waals surface area contributed by atoms with E-state index in [1.54, 1.807) is 6.20 Å². The lowest BCUT2D eigenvalue weighted by Gasteiger charge is -2.23. The van der Waals surface area contributed by atoms with Crippen LogP contribution in [0.3, 0.4) is 0 Å². The smallest absolute Gasteiger partial charge is 0.221 e. The molecule has 1 aliphatic carbocycles. The van der Waals surface area contributed by atoms with E-state index in [1.165, 1.54) is 0 Å². The van der Waals surface area contributed by atoms with Gasteiger partial charge >= 0.3 is 0 Å². The molecule has 1 aromatic rings. The van der Waals surface area contributed by atoms with Crippen molar-refractivity contribution in [2.24, 2.45) is 5.92 Å². The zero-order chi connectivity index (χ0) is 13.3. The monoisotopic (exact) mass is 246 g/mol. The van der Waals surface area contributed by atoms with Crippen LogP contribution in [0.4, 0.5) is 11.8 Å². The first-order chi connectivity index (χ1) is 8.47. The van der Waals surface area contributed by atoms with Gasteiger partial charge in [-0.2, -0.15) is 4.98 Å². The summed E-state index contributed by atoms with van der Waals surface area (Å²) in [5, 5.41) is 9.84. The number of nitrogens with zero attached hydrogens (tertiary/aromatic N) is 2. The fraction of sp³-hybridized carbons (Fsp3) is 0.385. The Morgan fingerprint density at radius 1 is 1.39 bits per heavy atom. The van der Waals surface area contributed by atoms with Gasteiger partial charge in [0.15, 0.2) is 0 Å². The molecule has 96 valence electrons. The molecule has 0 saturated carbocycles. The molecule has 2 unspecified atom stereocenters. The predicted octanol–water partition coefficient (Wildman–Crippen LogP) is 1.07. The highest BCUT2D eigenvalue weighted by Gasteiger charge is 2.19. The molecule has 18 heavy (non-hydrogen) atoms. The summed E-state index contributed by atoms with van der Waals surface area (Å²) in [5.41, 5.74) is 14.2. The number of nitrogen functional groups attached to an aromatic ring is 2. The molecule has 0 spiro atoms. The van der Waals surface area contributed by atoms with E-state index < -0.39 is 6.10 Å². The maximum atomic E-state index is 9.84. The first-order valence-corrected chi connectivity index (χ1v) is 5.91. The zero-order valence-electron chi connectivity index (χ0n) is 10.6. The van der Waals surface area contributed by atoms with Crippen LogP contribution in [-0.4, -0.2) is 21.2 Å². The molecule has 0 saturated heterocycles. The molecule has 0 aliphatic heterocycles. The van der Waals surface area contributed by atoms with Crippen molar-refractivity contribution in [2.75, 3.05) is 11.5 Å². The van der Waals surface area contributed by atoms with Crippen LogP contribution in [0.1, 0.15) is 19.4 Å². The van der Waals surface area contributed by atoms with Crippen molar-refractivity contribution in [3.05, 3.63) is 35.1 Å². The van der Waals surface area contributed by atoms with Crippen molar-refractivity contribution >= 4 is 11.8 Å². The third-order valence-electron chi connectivity index (χ3n) is 3.17. The molecule has 2 rings (SSSR count). The number of aromatic nitrogens is 2. The summed E-state index contributed by atoms with van der Waals surface area (Å²) in [7, 11) is 0. The van der Waals surface area contributed by atoms with E-state index in [0.29, 0.717) is 12.2 Å². The van der Waals surface area contributed by atoms with Crippen molar-refractivity contribution in [3.63, 3.8) is 0 Å². The molecule has 0 amide bonds. The first-order valence-electron chi connectivity index (χ1n) is 5.91. The van der Waals surface area contributed by atoms with Crippen LogP contribution in [0, 0.1) is 5.92 Å². The first kappa shape index (κ1) is 12.6. The number of rotatable bonds is 2. The second-order valence-corrected chi connectivity index (χ2v) is 4.75. The van der Waals surface area contributed by atoms with E-state index in [2.05, 4.69) is 9.97 Å². The van der Waals surface area contributed by atoms with Crippen LogP contribution in [-0.2, 0) is 6.42 Å². The third-order valence-corrected chi connectivity index (χ3v) is 3.17. The average molecular weight is 246 g/mol. The highest BCUT2D eigenvalue weighted by atomic mass is 16.3. The van der Waals surface area contributed by atoms with Crippen molar-refractivity contribution < 1.29 is 5.11 Å². The summed E-state index contributed by atoms with van der Waals surface area (Å²) in [6, 6.07) is 0. The lowest BCUT2D eigenvalue weighted by molar-refractivity contribution is 0.170. The minimum Gasteiger partial charge on any atom is -0.388 e. The Kier molecular flexibility index (Phi) is 3.34. The molecule has 5 nitrogen and oxygen atoms in total. The van der Waals surface area contributed by atoms with Crippen molar-refractivity contribution in [1.29, 1.82) is 0 Å². The maximum absolute atomic E-state index is 9.84. The predicted molar refractivity (Wildman–Crippen MR) is 71.6 cm³/mol. The number of hydrogen-bond acceptors (Lipinski definition) is 5. The van der Waals surface area contributed by atoms with Crippen molar-refractivity contribution in [2.45, 2.75) is 26.4 Å². The normalized spacial score (nSPS) is 23.5. The van der Waals surface area contributed by atoms with Crippen LogP contribution >= 0.6 is 0 Å². The van der Waals surface area contributed by atoms with Crippen LogP contribution < -0.4 is 11.5 Å². The number of nitrogens with two attached hydrogens (primary N) is 2. The Bertz CT molecular complexity index is 522. The minimum absolute atomic E-state index is 0.112. The van der Waals surface area contributed by atoms with E-state index in [0.717, 1.165) is 16.7 Å². The van der Waals surface area contributed by atoms with E-state index >= 15 is 0 Å². The van der Waals surface area contributed by atoms with E-state index in [9.17, 15) is 5.11 Å². The molecule has 5 N–H and O–H groups in total. The standard InChI is InChI=1S/C13H18N4O/c1-7-3-9(4-8(2)11(7)18)5-10-6-16-13(15)17-12(10)14/h3-4,6-7,11,18H,5H2,1-2H3,(H4,14,15,16,17). The van der Waals surface area contributed by atoms with E-state index in [1.807, 2.05) is 26.0 Å². The zero-order valence-corrected chi connectivity index (χ0v) is 10.6. The Morgan fingerprint density at radius 3 is 2.72 bits per heavy atom. The van der Waals surface area contributed by atoms with Gasteiger partial charge < -0.3 is 16.6 Å². The minimum atomic E-state index is -0.395. The summed E-state index contributed by atoms with van der Waals surface area (Å²) in [4.78, 5) is 7.89. The molecular weight excluding hydrogens is 228 g/mol. The summed E-state index contributed by atoms with van der Waals surface area (Å²) >= 11 is 0. The fourth-order valence-corrected chi connectivity index (χ4v) is 2.17. The summed E-state index contributed by atoms with van der Waals surface area (Å²) in [6.07, 6.45) is 5.94. The molecule has 1 aliphatic rings. The summed E-state index contributed by atoms with van der Waals surface area (Å²) < 4.78 is 0. The Balaban J connectivity index is 2.22. The quantitative estimate of drug-likeness (QED) is 0.725. The lowest BCUT2D eigenvalue weighted by atomic mass is 9.87. The average Bonchev–Trinajstić information content (AvgIpc) is 2.29. The molecule has 0 radical (unpaired) electrons. The van der Waals surface area contributed by atoms with E-state index in [-0.39, 0.29) is 11.9 Å². The Hall–Kier alpha value is -1.88. The molecule has 0 bridgehead atoms. The molecule has 1 aromatic heterocycles. The van der Waals surface area contributed by atoms with Gasteiger partial charge in [0.25, 0.3) is 0 Å². The number of anilines is 2. The van der Waals surface area contributed by atoms with Crippen LogP contribution in [0.2, 0.25) is 0 Å². The van der Waals surface area contributed by atoms with E-state index in [4.69, 9.17) is 11.5 Å². The van der Waals surface area contributed by atoms with Gasteiger partial charge in [0.2, 0.25) is 5.95 Å².